The van der Waals surface area contributed by atoms with Crippen LogP contribution in [0.4, 0.5) is 0 Å². The molecule has 39 heavy (non-hydrogen) atoms. The Morgan fingerprint density at radius 1 is 0.692 bits per heavy atom. The molecule has 4 nitrogen and oxygen atoms in total. The maximum Gasteiger partial charge on any atom is 0.498 e. The molecular weight excluding hydrogens is 476 g/mol. The summed E-state index contributed by atoms with van der Waals surface area (Å²) in [5.74, 6) is 0. The molecule has 0 amide bonds. The maximum absolute atomic E-state index is 6.61. The minimum atomic E-state index is -0.562. The van der Waals surface area contributed by atoms with E-state index in [1.807, 2.05) is 70.2 Å². The highest BCUT2D eigenvalue weighted by Gasteiger charge is 2.52. The van der Waals surface area contributed by atoms with Crippen LogP contribution in [0.25, 0.3) is 49.4 Å². The standard InChI is InChI=1S/C30H22B5NO3/c1-29(2)30(3,4)39-35(38-29)22-8-5-7-17-25-23(9-6-10-24(25)37-28(17)22)36-26-18(11-15(31)13-20(26)33)19-12-16(32)14-21(34)27(19)36/h5-14H,1-4H3. The van der Waals surface area contributed by atoms with Crippen LogP contribution >= 0.6 is 0 Å². The normalized spacial score (nSPS) is 16.8. The second-order valence-electron chi connectivity index (χ2n) is 11.4. The Morgan fingerprint density at radius 2 is 1.26 bits per heavy atom. The zero-order valence-electron chi connectivity index (χ0n) is 22.3. The van der Waals surface area contributed by atoms with E-state index in [2.05, 4.69) is 10.6 Å². The molecular formula is C30H22B5NO3. The molecule has 0 aliphatic carbocycles. The Balaban J connectivity index is 1.57. The van der Waals surface area contributed by atoms with Crippen LogP contribution in [0, 0.1) is 0 Å². The van der Waals surface area contributed by atoms with Gasteiger partial charge in [-0.15, -0.1) is 0 Å². The third-order valence-electron chi connectivity index (χ3n) is 8.34. The molecule has 0 N–H and O–H groups in total. The van der Waals surface area contributed by atoms with Crippen LogP contribution in [0.2, 0.25) is 0 Å². The topological polar surface area (TPSA) is 36.5 Å². The summed E-state index contributed by atoms with van der Waals surface area (Å²) in [6, 6.07) is 19.4. The zero-order chi connectivity index (χ0) is 27.4. The highest BCUT2D eigenvalue weighted by atomic mass is 16.7. The molecule has 6 aromatic rings. The molecule has 4 aromatic carbocycles. The summed E-state index contributed by atoms with van der Waals surface area (Å²) in [5.41, 5.74) is 6.05. The number of para-hydroxylation sites is 1. The van der Waals surface area contributed by atoms with E-state index in [0.29, 0.717) is 27.4 Å². The van der Waals surface area contributed by atoms with Crippen molar-refractivity contribution in [2.45, 2.75) is 38.9 Å². The average Bonchev–Trinajstić information content (AvgIpc) is 3.46. The van der Waals surface area contributed by atoms with Crippen molar-refractivity contribution in [3.63, 3.8) is 0 Å². The van der Waals surface area contributed by atoms with E-state index in [1.165, 1.54) is 0 Å². The van der Waals surface area contributed by atoms with Gasteiger partial charge < -0.3 is 18.3 Å². The van der Waals surface area contributed by atoms with Crippen molar-refractivity contribution >= 4 is 110 Å². The molecule has 1 aliphatic rings. The first-order chi connectivity index (χ1) is 18.5. The molecule has 9 heteroatoms. The summed E-state index contributed by atoms with van der Waals surface area (Å²) >= 11 is 0. The zero-order valence-corrected chi connectivity index (χ0v) is 22.3. The monoisotopic (exact) mass is 499 g/mol. The van der Waals surface area contributed by atoms with Crippen molar-refractivity contribution < 1.29 is 13.7 Å². The largest absolute Gasteiger partial charge is 0.498 e. The molecule has 2 aromatic heterocycles. The van der Waals surface area contributed by atoms with Gasteiger partial charge in [0.1, 0.15) is 42.6 Å². The summed E-state index contributed by atoms with van der Waals surface area (Å²) in [7, 11) is 25.1. The van der Waals surface area contributed by atoms with E-state index in [9.17, 15) is 0 Å². The fourth-order valence-electron chi connectivity index (χ4n) is 5.82. The van der Waals surface area contributed by atoms with Gasteiger partial charge in [-0.05, 0) is 39.8 Å². The Bertz CT molecular complexity index is 1910. The predicted octanol–water partition coefficient (Wildman–Crippen LogP) is 2.16. The van der Waals surface area contributed by atoms with Crippen molar-refractivity contribution in [3.05, 3.63) is 60.7 Å². The Morgan fingerprint density at radius 3 is 1.85 bits per heavy atom. The van der Waals surface area contributed by atoms with Crippen LogP contribution in [-0.4, -0.2) is 54.3 Å². The summed E-state index contributed by atoms with van der Waals surface area (Å²) in [5, 5.41) is 3.62. The van der Waals surface area contributed by atoms with Crippen LogP contribution in [-0.2, 0) is 9.31 Å². The molecule has 8 radical (unpaired) electrons. The van der Waals surface area contributed by atoms with Crippen molar-refractivity contribution in [2.75, 3.05) is 0 Å². The van der Waals surface area contributed by atoms with Gasteiger partial charge in [0, 0.05) is 32.7 Å². The highest BCUT2D eigenvalue weighted by molar-refractivity contribution is 6.65. The van der Waals surface area contributed by atoms with Crippen molar-refractivity contribution in [2.24, 2.45) is 0 Å². The Kier molecular flexibility index (Phi) is 5.15. The summed E-state index contributed by atoms with van der Waals surface area (Å²) in [4.78, 5) is 0. The lowest BCUT2D eigenvalue weighted by molar-refractivity contribution is 0.00578. The SMILES string of the molecule is [B]c1cc([B])c2c(c1)c1cc([B])cc([B])c1n2-c1cccc2oc3c(B4OC(C)(C)C(C)(C)O4)cccc3c12. The van der Waals surface area contributed by atoms with Gasteiger partial charge >= 0.3 is 7.12 Å². The average molecular weight is 499 g/mol. The van der Waals surface area contributed by atoms with E-state index in [0.717, 1.165) is 49.3 Å². The number of aromatic nitrogens is 1. The van der Waals surface area contributed by atoms with E-state index >= 15 is 0 Å². The van der Waals surface area contributed by atoms with E-state index in [1.54, 1.807) is 12.1 Å². The molecule has 3 heterocycles. The molecule has 0 atom stereocenters. The summed E-state index contributed by atoms with van der Waals surface area (Å²) in [6.07, 6.45) is 0. The second kappa shape index (κ2) is 8.12. The first-order valence-corrected chi connectivity index (χ1v) is 12.9. The third kappa shape index (κ3) is 3.46. The number of hydrogen-bond donors (Lipinski definition) is 0. The molecule has 1 saturated heterocycles. The molecule has 0 bridgehead atoms. The first kappa shape index (κ1) is 24.7. The fraction of sp³-hybridized carbons (Fsp3) is 0.200. The van der Waals surface area contributed by atoms with Crippen LogP contribution in [0.1, 0.15) is 27.7 Å². The van der Waals surface area contributed by atoms with Crippen molar-refractivity contribution in [1.29, 1.82) is 0 Å². The number of benzene rings is 4. The molecule has 0 unspecified atom stereocenters. The minimum Gasteiger partial charge on any atom is -0.456 e. The molecule has 7 rings (SSSR count). The van der Waals surface area contributed by atoms with E-state index < -0.39 is 18.3 Å². The van der Waals surface area contributed by atoms with E-state index in [-0.39, 0.29) is 0 Å². The van der Waals surface area contributed by atoms with Crippen LogP contribution in [0.5, 0.6) is 0 Å². The molecule has 0 spiro atoms. The lowest BCUT2D eigenvalue weighted by Gasteiger charge is -2.32. The first-order valence-electron chi connectivity index (χ1n) is 12.9. The Hall–Kier alpha value is -3.28. The third-order valence-corrected chi connectivity index (χ3v) is 8.34. The van der Waals surface area contributed by atoms with Crippen molar-refractivity contribution in [1.82, 2.24) is 4.57 Å². The molecule has 0 saturated carbocycles. The van der Waals surface area contributed by atoms with Gasteiger partial charge in [0.15, 0.2) is 0 Å². The number of fused-ring (bicyclic) bond motifs is 6. The van der Waals surface area contributed by atoms with Gasteiger partial charge in [-0.3, -0.25) is 0 Å². The number of furan rings is 1. The van der Waals surface area contributed by atoms with Crippen LogP contribution in [0.15, 0.2) is 65.1 Å². The number of rotatable bonds is 2. The molecule has 1 aliphatic heterocycles. The molecule has 1 fully saturated rings. The van der Waals surface area contributed by atoms with Gasteiger partial charge in [0.2, 0.25) is 0 Å². The summed E-state index contributed by atoms with van der Waals surface area (Å²) in [6.45, 7) is 8.17. The smallest absolute Gasteiger partial charge is 0.456 e. The lowest BCUT2D eigenvalue weighted by Crippen LogP contribution is -2.41. The summed E-state index contributed by atoms with van der Waals surface area (Å²) < 4.78 is 21.4. The van der Waals surface area contributed by atoms with Gasteiger partial charge in [-0.1, -0.05) is 70.4 Å². The lowest BCUT2D eigenvalue weighted by atomic mass is 9.78. The fourth-order valence-corrected chi connectivity index (χ4v) is 5.82. The van der Waals surface area contributed by atoms with Crippen LogP contribution < -0.4 is 27.3 Å². The van der Waals surface area contributed by atoms with E-state index in [4.69, 9.17) is 45.1 Å². The van der Waals surface area contributed by atoms with Crippen molar-refractivity contribution in [3.8, 4) is 5.69 Å². The predicted molar refractivity (Wildman–Crippen MR) is 165 cm³/mol. The van der Waals surface area contributed by atoms with Gasteiger partial charge in [-0.2, -0.15) is 0 Å². The molecule has 180 valence electrons. The second-order valence-corrected chi connectivity index (χ2v) is 11.4. The van der Waals surface area contributed by atoms with Gasteiger partial charge in [0.05, 0.1) is 22.3 Å². The van der Waals surface area contributed by atoms with Gasteiger partial charge in [0.25, 0.3) is 0 Å². The minimum absolute atomic E-state index is 0.473. The number of hydrogen-bond acceptors (Lipinski definition) is 3. The highest BCUT2D eigenvalue weighted by Crippen LogP contribution is 2.40. The maximum atomic E-state index is 6.61. The van der Waals surface area contributed by atoms with Gasteiger partial charge in [-0.25, -0.2) is 0 Å². The quantitative estimate of drug-likeness (QED) is 0.344. The number of nitrogens with zero attached hydrogens (tertiary/aromatic N) is 1. The Labute approximate surface area is 232 Å². The van der Waals surface area contributed by atoms with Crippen LogP contribution in [0.3, 0.4) is 0 Å².